The van der Waals surface area contributed by atoms with Crippen molar-refractivity contribution in [1.82, 2.24) is 0 Å². The molecule has 1 N–H and O–H groups in total. The second-order valence-electron chi connectivity index (χ2n) is 0.644. The van der Waals surface area contributed by atoms with Gasteiger partial charge in [-0.05, 0) is 0 Å². The summed E-state index contributed by atoms with van der Waals surface area (Å²) in [6, 6.07) is 0. The molecule has 5 heteroatoms. The van der Waals surface area contributed by atoms with E-state index in [2.05, 4.69) is 12.2 Å². The van der Waals surface area contributed by atoms with E-state index in [1.54, 1.807) is 0 Å². The van der Waals surface area contributed by atoms with Crippen molar-refractivity contribution < 1.29 is 9.46 Å². The molecule has 0 bridgehead atoms. The fourth-order valence-corrected chi connectivity index (χ4v) is 0. The molecule has 0 aliphatic rings. The molecule has 0 aromatic heterocycles. The minimum atomic E-state index is -3.65. The van der Waals surface area contributed by atoms with Crippen molar-refractivity contribution in [1.29, 1.82) is 5.26 Å². The largest absolute Gasteiger partial charge is 0.349 e. The van der Waals surface area contributed by atoms with Crippen LogP contribution in [-0.2, 0) is 4.57 Å². The molecule has 0 radical (unpaired) electrons. The second kappa shape index (κ2) is 1.65. The van der Waals surface area contributed by atoms with Crippen LogP contribution in [0.15, 0.2) is 0 Å². The van der Waals surface area contributed by atoms with E-state index in [1.807, 2.05) is 0 Å². The van der Waals surface area contributed by atoms with Crippen molar-refractivity contribution in [2.75, 3.05) is 0 Å². The first-order valence-electron chi connectivity index (χ1n) is 1.03. The van der Waals surface area contributed by atoms with E-state index >= 15 is 0 Å². The third-order valence-corrected chi connectivity index (χ3v) is 0.659. The summed E-state index contributed by atoms with van der Waals surface area (Å²) in [5.74, 6) is 1.08. The highest BCUT2D eigenvalue weighted by atomic mass is 32.7. The Morgan fingerprint density at radius 1 is 2.00 bits per heavy atom. The van der Waals surface area contributed by atoms with Crippen LogP contribution >= 0.6 is 18.8 Å². The van der Waals surface area contributed by atoms with Crippen LogP contribution in [0.4, 0.5) is 0 Å². The average molecular weight is 123 g/mol. The SMILES string of the molecule is N#CP(=O)(O)S. The Morgan fingerprint density at radius 3 is 2.17 bits per heavy atom. The van der Waals surface area contributed by atoms with Crippen LogP contribution in [-0.4, -0.2) is 4.89 Å². The fourth-order valence-electron chi connectivity index (χ4n) is 0. The van der Waals surface area contributed by atoms with Gasteiger partial charge in [-0.15, -0.1) is 0 Å². The lowest BCUT2D eigenvalue weighted by Crippen LogP contribution is -1.52. The Balaban J connectivity index is 3.94. The van der Waals surface area contributed by atoms with Gasteiger partial charge in [0.1, 0.15) is 0 Å². The van der Waals surface area contributed by atoms with Crippen LogP contribution in [0.25, 0.3) is 0 Å². The van der Waals surface area contributed by atoms with Crippen molar-refractivity contribution in [3.8, 4) is 5.81 Å². The zero-order valence-electron chi connectivity index (χ0n) is 2.70. The molecular formula is CH2NO2PS. The predicted octanol–water partition coefficient (Wildman–Crippen LogP) is 0.583. The van der Waals surface area contributed by atoms with E-state index in [4.69, 9.17) is 10.2 Å². The van der Waals surface area contributed by atoms with Gasteiger partial charge < -0.3 is 4.89 Å². The topological polar surface area (TPSA) is 61.1 Å². The maximum absolute atomic E-state index is 9.64. The summed E-state index contributed by atoms with van der Waals surface area (Å²) < 4.78 is 9.64. The summed E-state index contributed by atoms with van der Waals surface area (Å²) in [5.41, 5.74) is 0. The van der Waals surface area contributed by atoms with Gasteiger partial charge in [0, 0.05) is 0 Å². The maximum Gasteiger partial charge on any atom is 0.349 e. The van der Waals surface area contributed by atoms with Crippen molar-refractivity contribution in [3.05, 3.63) is 0 Å². The molecule has 1 atom stereocenters. The number of rotatable bonds is 0. The first-order valence-corrected chi connectivity index (χ1v) is 3.84. The Morgan fingerprint density at radius 2 is 2.17 bits per heavy atom. The third kappa shape index (κ3) is 4.03. The van der Waals surface area contributed by atoms with Crippen LogP contribution in [0.2, 0.25) is 0 Å². The number of nitriles is 1. The molecule has 6 heavy (non-hydrogen) atoms. The van der Waals surface area contributed by atoms with E-state index < -0.39 is 6.57 Å². The van der Waals surface area contributed by atoms with Gasteiger partial charge in [-0.1, -0.05) is 12.2 Å². The Bertz CT molecular complexity index is 120. The molecule has 3 nitrogen and oxygen atoms in total. The van der Waals surface area contributed by atoms with Gasteiger partial charge >= 0.3 is 6.57 Å². The smallest absolute Gasteiger partial charge is 0.327 e. The molecule has 0 aromatic carbocycles. The maximum atomic E-state index is 9.64. The Kier molecular flexibility index (Phi) is 1.66. The third-order valence-electron chi connectivity index (χ3n) is 0.130. The van der Waals surface area contributed by atoms with E-state index in [0.717, 1.165) is 5.81 Å². The lowest BCUT2D eigenvalue weighted by atomic mass is 11.8. The van der Waals surface area contributed by atoms with Gasteiger partial charge in [-0.25, -0.2) is 0 Å². The Labute approximate surface area is 40.2 Å². The normalized spacial score (nSPS) is 18.2. The highest BCUT2D eigenvalue weighted by Crippen LogP contribution is 2.43. The standard InChI is InChI=1S/CH2NO2PS/c2-1-5(3,4)6/h(H2,3,4,6). The summed E-state index contributed by atoms with van der Waals surface area (Å²) in [6.45, 7) is -3.65. The lowest BCUT2D eigenvalue weighted by Gasteiger charge is -1.80. The summed E-state index contributed by atoms with van der Waals surface area (Å²) in [7, 11) is 0. The summed E-state index contributed by atoms with van der Waals surface area (Å²) in [5, 5.41) is 7.56. The summed E-state index contributed by atoms with van der Waals surface area (Å²) >= 11 is 3.00. The van der Waals surface area contributed by atoms with Crippen LogP contribution in [0, 0.1) is 11.1 Å². The predicted molar refractivity (Wildman–Crippen MR) is 24.4 cm³/mol. The first kappa shape index (κ1) is 6.03. The fraction of sp³-hybridized carbons (Fsp3) is 0. The lowest BCUT2D eigenvalue weighted by molar-refractivity contribution is 0.508. The number of hydrogen-bond acceptors (Lipinski definition) is 2. The van der Waals surface area contributed by atoms with Crippen molar-refractivity contribution in [2.45, 2.75) is 0 Å². The van der Waals surface area contributed by atoms with Crippen LogP contribution in [0.3, 0.4) is 0 Å². The molecule has 0 heterocycles. The van der Waals surface area contributed by atoms with Gasteiger partial charge in [0.05, 0.1) is 0 Å². The minimum absolute atomic E-state index is 1.08. The molecule has 0 aliphatic carbocycles. The molecule has 0 rings (SSSR count). The van der Waals surface area contributed by atoms with Crippen LogP contribution < -0.4 is 0 Å². The summed E-state index contributed by atoms with van der Waals surface area (Å²) in [6.07, 6.45) is 0. The van der Waals surface area contributed by atoms with Crippen molar-refractivity contribution >= 4 is 18.8 Å². The molecule has 0 saturated heterocycles. The van der Waals surface area contributed by atoms with Gasteiger partial charge in [0.15, 0.2) is 5.81 Å². The van der Waals surface area contributed by atoms with Crippen molar-refractivity contribution in [2.24, 2.45) is 0 Å². The zero-order chi connectivity index (χ0) is 5.21. The van der Waals surface area contributed by atoms with Gasteiger partial charge in [0.25, 0.3) is 0 Å². The number of thiol groups is 1. The van der Waals surface area contributed by atoms with E-state index in [-0.39, 0.29) is 0 Å². The summed E-state index contributed by atoms with van der Waals surface area (Å²) in [4.78, 5) is 7.89. The number of hydrogen-bond donors (Lipinski definition) is 2. The minimum Gasteiger partial charge on any atom is -0.327 e. The molecule has 34 valence electrons. The molecule has 0 amide bonds. The number of nitrogens with zero attached hydrogens (tertiary/aromatic N) is 1. The van der Waals surface area contributed by atoms with Gasteiger partial charge in [-0.3, -0.25) is 4.57 Å². The molecular weight excluding hydrogens is 121 g/mol. The zero-order valence-corrected chi connectivity index (χ0v) is 4.49. The average Bonchev–Trinajstić information content (AvgIpc) is 1.35. The van der Waals surface area contributed by atoms with Gasteiger partial charge in [-0.2, -0.15) is 5.26 Å². The van der Waals surface area contributed by atoms with E-state index in [9.17, 15) is 4.57 Å². The molecule has 0 aromatic rings. The molecule has 0 fully saturated rings. The molecule has 0 spiro atoms. The highest BCUT2D eigenvalue weighted by molar-refractivity contribution is 8.47. The quantitative estimate of drug-likeness (QED) is 0.366. The molecule has 1 unspecified atom stereocenters. The molecule has 0 aliphatic heterocycles. The first-order chi connectivity index (χ1) is 2.56. The van der Waals surface area contributed by atoms with Crippen LogP contribution in [0.5, 0.6) is 0 Å². The van der Waals surface area contributed by atoms with E-state index in [1.165, 1.54) is 0 Å². The van der Waals surface area contributed by atoms with Gasteiger partial charge in [0.2, 0.25) is 0 Å². The van der Waals surface area contributed by atoms with E-state index in [0.29, 0.717) is 0 Å². The monoisotopic (exact) mass is 123 g/mol. The van der Waals surface area contributed by atoms with Crippen molar-refractivity contribution in [3.63, 3.8) is 0 Å². The molecule has 0 saturated carbocycles. The second-order valence-corrected chi connectivity index (χ2v) is 3.56. The van der Waals surface area contributed by atoms with Crippen LogP contribution in [0.1, 0.15) is 0 Å². The Hall–Kier alpha value is 0.0300. The highest BCUT2D eigenvalue weighted by Gasteiger charge is 2.04.